The van der Waals surface area contributed by atoms with Gasteiger partial charge in [-0.25, -0.2) is 4.39 Å². The first-order valence-corrected chi connectivity index (χ1v) is 5.85. The highest BCUT2D eigenvalue weighted by Gasteiger charge is 2.34. The van der Waals surface area contributed by atoms with Crippen LogP contribution in [0.25, 0.3) is 11.3 Å². The Balaban J connectivity index is 1.94. The summed E-state index contributed by atoms with van der Waals surface area (Å²) < 4.78 is 13.6. The van der Waals surface area contributed by atoms with Gasteiger partial charge < -0.3 is 10.8 Å². The lowest BCUT2D eigenvalue weighted by Gasteiger charge is -2.05. The highest BCUT2D eigenvalue weighted by Crippen LogP contribution is 2.39. The molecule has 92 valence electrons. The summed E-state index contributed by atoms with van der Waals surface area (Å²) in [5, 5.41) is 9.38. The highest BCUT2D eigenvalue weighted by atomic mass is 19.1. The van der Waals surface area contributed by atoms with Crippen LogP contribution < -0.4 is 5.73 Å². The predicted octanol–water partition coefficient (Wildman–Crippen LogP) is 2.41. The van der Waals surface area contributed by atoms with Gasteiger partial charge in [0.25, 0.3) is 0 Å². The lowest BCUT2D eigenvalue weighted by molar-refractivity contribution is 0.473. The van der Waals surface area contributed by atoms with E-state index in [0.29, 0.717) is 17.2 Å². The molecule has 0 aliphatic heterocycles. The molecular formula is C14H13FN2O. The van der Waals surface area contributed by atoms with Crippen molar-refractivity contribution in [2.75, 3.05) is 0 Å². The molecule has 18 heavy (non-hydrogen) atoms. The molecule has 1 heterocycles. The van der Waals surface area contributed by atoms with Gasteiger partial charge in [-0.3, -0.25) is 4.98 Å². The van der Waals surface area contributed by atoms with Crippen molar-refractivity contribution < 1.29 is 9.50 Å². The molecule has 3 rings (SSSR count). The summed E-state index contributed by atoms with van der Waals surface area (Å²) in [4.78, 5) is 4.24. The monoisotopic (exact) mass is 244 g/mol. The number of halogens is 1. The van der Waals surface area contributed by atoms with E-state index in [1.807, 2.05) is 6.07 Å². The first kappa shape index (κ1) is 11.2. The third-order valence-corrected chi connectivity index (χ3v) is 3.28. The summed E-state index contributed by atoms with van der Waals surface area (Å²) in [6, 6.07) is 7.84. The lowest BCUT2D eigenvalue weighted by atomic mass is 10.1. The van der Waals surface area contributed by atoms with Gasteiger partial charge in [0.05, 0.1) is 5.69 Å². The molecule has 2 atom stereocenters. The SMILES string of the molecule is N[C@H]1C[C@@H]1c1ccc(-c2cc(O)ccc2F)nc1. The molecule has 0 amide bonds. The minimum absolute atomic E-state index is 0.0292. The number of pyridine rings is 1. The first-order valence-electron chi connectivity index (χ1n) is 5.85. The van der Waals surface area contributed by atoms with Gasteiger partial charge in [0.2, 0.25) is 0 Å². The number of aromatic nitrogens is 1. The maximum atomic E-state index is 13.6. The summed E-state index contributed by atoms with van der Waals surface area (Å²) in [7, 11) is 0. The smallest absolute Gasteiger partial charge is 0.132 e. The summed E-state index contributed by atoms with van der Waals surface area (Å²) in [5.41, 5.74) is 7.68. The summed E-state index contributed by atoms with van der Waals surface area (Å²) in [6.07, 6.45) is 2.72. The number of rotatable bonds is 2. The van der Waals surface area contributed by atoms with Crippen molar-refractivity contribution in [3.63, 3.8) is 0 Å². The fourth-order valence-electron chi connectivity index (χ4n) is 2.09. The standard InChI is InChI=1S/C14H13FN2O/c15-12-3-2-9(18)5-11(12)14-4-1-8(7-17-14)10-6-13(10)16/h1-5,7,10,13,18H,6,16H2/t10-,13+/m1/s1. The number of hydrogen-bond acceptors (Lipinski definition) is 3. The second-order valence-electron chi connectivity index (χ2n) is 4.65. The fraction of sp³-hybridized carbons (Fsp3) is 0.214. The summed E-state index contributed by atoms with van der Waals surface area (Å²) >= 11 is 0. The average molecular weight is 244 g/mol. The van der Waals surface area contributed by atoms with Gasteiger partial charge in [0.15, 0.2) is 0 Å². The number of nitrogens with zero attached hydrogens (tertiary/aromatic N) is 1. The zero-order chi connectivity index (χ0) is 12.7. The molecule has 0 radical (unpaired) electrons. The van der Waals surface area contributed by atoms with Gasteiger partial charge >= 0.3 is 0 Å². The van der Waals surface area contributed by atoms with Crippen LogP contribution in [-0.2, 0) is 0 Å². The van der Waals surface area contributed by atoms with Crippen LogP contribution in [0.2, 0.25) is 0 Å². The number of aromatic hydroxyl groups is 1. The largest absolute Gasteiger partial charge is 0.508 e. The number of benzene rings is 1. The Morgan fingerprint density at radius 2 is 2.06 bits per heavy atom. The van der Waals surface area contributed by atoms with E-state index >= 15 is 0 Å². The van der Waals surface area contributed by atoms with Gasteiger partial charge in [-0.2, -0.15) is 0 Å². The average Bonchev–Trinajstić information content (AvgIpc) is 3.10. The molecule has 0 spiro atoms. The van der Waals surface area contributed by atoms with Crippen LogP contribution in [-0.4, -0.2) is 16.1 Å². The van der Waals surface area contributed by atoms with Crippen molar-refractivity contribution in [3.05, 3.63) is 47.9 Å². The van der Waals surface area contributed by atoms with E-state index in [1.165, 1.54) is 18.2 Å². The van der Waals surface area contributed by atoms with Crippen molar-refractivity contribution in [1.29, 1.82) is 0 Å². The molecule has 1 aromatic heterocycles. The van der Waals surface area contributed by atoms with Crippen LogP contribution >= 0.6 is 0 Å². The highest BCUT2D eigenvalue weighted by molar-refractivity contribution is 5.62. The Morgan fingerprint density at radius 1 is 1.28 bits per heavy atom. The van der Waals surface area contributed by atoms with E-state index < -0.39 is 5.82 Å². The van der Waals surface area contributed by atoms with E-state index in [2.05, 4.69) is 4.98 Å². The zero-order valence-corrected chi connectivity index (χ0v) is 9.68. The van der Waals surface area contributed by atoms with Gasteiger partial charge in [0.1, 0.15) is 11.6 Å². The van der Waals surface area contributed by atoms with Crippen molar-refractivity contribution in [2.45, 2.75) is 18.4 Å². The van der Waals surface area contributed by atoms with E-state index in [0.717, 1.165) is 12.0 Å². The third kappa shape index (κ3) is 1.95. The molecule has 0 unspecified atom stereocenters. The van der Waals surface area contributed by atoms with Crippen LogP contribution in [0.5, 0.6) is 5.75 Å². The molecule has 3 N–H and O–H groups in total. The molecule has 1 aromatic carbocycles. The maximum absolute atomic E-state index is 13.6. The van der Waals surface area contributed by atoms with Crippen molar-refractivity contribution in [2.24, 2.45) is 5.73 Å². The second-order valence-corrected chi connectivity index (χ2v) is 4.65. The van der Waals surface area contributed by atoms with Gasteiger partial charge in [0, 0.05) is 23.7 Å². The molecule has 2 aromatic rings. The van der Waals surface area contributed by atoms with Crippen LogP contribution in [0.15, 0.2) is 36.5 Å². The molecule has 1 saturated carbocycles. The fourth-order valence-corrected chi connectivity index (χ4v) is 2.09. The van der Waals surface area contributed by atoms with Gasteiger partial charge in [-0.15, -0.1) is 0 Å². The molecule has 4 heteroatoms. The van der Waals surface area contributed by atoms with Crippen molar-refractivity contribution in [1.82, 2.24) is 4.98 Å². The molecule has 0 bridgehead atoms. The van der Waals surface area contributed by atoms with Crippen LogP contribution in [0.4, 0.5) is 4.39 Å². The zero-order valence-electron chi connectivity index (χ0n) is 9.68. The maximum Gasteiger partial charge on any atom is 0.132 e. The van der Waals surface area contributed by atoms with Crippen molar-refractivity contribution >= 4 is 0 Å². The van der Waals surface area contributed by atoms with Crippen LogP contribution in [0, 0.1) is 5.82 Å². The molecule has 0 saturated heterocycles. The molecular weight excluding hydrogens is 231 g/mol. The Hall–Kier alpha value is -1.94. The minimum atomic E-state index is -0.392. The third-order valence-electron chi connectivity index (χ3n) is 3.28. The normalized spacial score (nSPS) is 21.9. The van der Waals surface area contributed by atoms with E-state index in [1.54, 1.807) is 12.3 Å². The number of phenolic OH excluding ortho intramolecular Hbond substituents is 1. The van der Waals surface area contributed by atoms with Gasteiger partial charge in [-0.05, 0) is 36.2 Å². The number of hydrogen-bond donors (Lipinski definition) is 2. The number of phenols is 1. The quantitative estimate of drug-likeness (QED) is 0.852. The minimum Gasteiger partial charge on any atom is -0.508 e. The number of nitrogens with two attached hydrogens (primary N) is 1. The van der Waals surface area contributed by atoms with E-state index in [-0.39, 0.29) is 11.8 Å². The van der Waals surface area contributed by atoms with E-state index in [9.17, 15) is 9.50 Å². The Bertz CT molecular complexity index is 583. The van der Waals surface area contributed by atoms with Crippen molar-refractivity contribution in [3.8, 4) is 17.0 Å². The van der Waals surface area contributed by atoms with Crippen LogP contribution in [0.3, 0.4) is 0 Å². The second kappa shape index (κ2) is 4.07. The topological polar surface area (TPSA) is 59.1 Å². The molecule has 3 nitrogen and oxygen atoms in total. The van der Waals surface area contributed by atoms with Crippen LogP contribution in [0.1, 0.15) is 17.9 Å². The Morgan fingerprint density at radius 3 is 2.67 bits per heavy atom. The predicted molar refractivity (Wildman–Crippen MR) is 66.6 cm³/mol. The summed E-state index contributed by atoms with van der Waals surface area (Å²) in [6.45, 7) is 0. The lowest BCUT2D eigenvalue weighted by Crippen LogP contribution is -2.01. The van der Waals surface area contributed by atoms with E-state index in [4.69, 9.17) is 5.73 Å². The molecule has 1 aliphatic rings. The molecule has 1 aliphatic carbocycles. The first-order chi connectivity index (χ1) is 8.65. The van der Waals surface area contributed by atoms with Gasteiger partial charge in [-0.1, -0.05) is 6.07 Å². The molecule has 1 fully saturated rings. The Labute approximate surface area is 104 Å². The Kier molecular flexibility index (Phi) is 2.52. The summed E-state index contributed by atoms with van der Waals surface area (Å²) in [5.74, 6) is 0.0261.